The molecule has 0 bridgehead atoms. The van der Waals surface area contributed by atoms with Gasteiger partial charge in [-0.1, -0.05) is 35.6 Å². The maximum atomic E-state index is 13.1. The second-order valence-corrected chi connectivity index (χ2v) is 7.37. The minimum Gasteiger partial charge on any atom is -0.503 e. The number of amides is 1. The summed E-state index contributed by atoms with van der Waals surface area (Å²) >= 11 is 2.39. The Hall–Kier alpha value is -3.04. The number of aromatic nitrogens is 2. The number of nitrogens with zero attached hydrogens (tertiary/aromatic N) is 3. The van der Waals surface area contributed by atoms with E-state index in [4.69, 9.17) is 4.74 Å². The number of thiophene rings is 1. The highest BCUT2D eigenvalue weighted by Gasteiger charge is 2.47. The summed E-state index contributed by atoms with van der Waals surface area (Å²) < 4.78 is 5.43. The maximum absolute atomic E-state index is 13.1. The molecule has 0 aliphatic carbocycles. The van der Waals surface area contributed by atoms with Gasteiger partial charge in [-0.3, -0.25) is 14.5 Å². The highest BCUT2D eigenvalue weighted by molar-refractivity contribution is 7.13. The van der Waals surface area contributed by atoms with Gasteiger partial charge in [0.25, 0.3) is 5.91 Å². The van der Waals surface area contributed by atoms with Crippen LogP contribution in [0.5, 0.6) is 5.75 Å². The van der Waals surface area contributed by atoms with Crippen molar-refractivity contribution < 1.29 is 19.4 Å². The van der Waals surface area contributed by atoms with E-state index in [0.29, 0.717) is 16.2 Å². The van der Waals surface area contributed by atoms with Gasteiger partial charge in [0, 0.05) is 5.56 Å². The van der Waals surface area contributed by atoms with Crippen LogP contribution in [-0.2, 0) is 4.79 Å². The Morgan fingerprint density at radius 2 is 2.04 bits per heavy atom. The molecule has 0 fully saturated rings. The molecule has 3 aromatic rings. The van der Waals surface area contributed by atoms with Gasteiger partial charge in [0.05, 0.1) is 17.6 Å². The molecule has 0 saturated carbocycles. The third-order valence-electron chi connectivity index (χ3n) is 4.19. The molecule has 0 radical (unpaired) electrons. The molecule has 7 nitrogen and oxygen atoms in total. The average Bonchev–Trinajstić information content (AvgIpc) is 3.43. The van der Waals surface area contributed by atoms with Crippen molar-refractivity contribution >= 4 is 39.5 Å². The number of methoxy groups -OCH3 is 1. The van der Waals surface area contributed by atoms with Gasteiger partial charge in [-0.15, -0.1) is 21.5 Å². The number of anilines is 1. The van der Waals surface area contributed by atoms with E-state index in [0.717, 1.165) is 11.3 Å². The van der Waals surface area contributed by atoms with Crippen LogP contribution in [0.2, 0.25) is 0 Å². The molecule has 1 amide bonds. The van der Waals surface area contributed by atoms with Crippen molar-refractivity contribution in [3.05, 3.63) is 69.1 Å². The number of hydrogen-bond donors (Lipinski definition) is 1. The first-order valence-corrected chi connectivity index (χ1v) is 9.63. The van der Waals surface area contributed by atoms with E-state index in [1.54, 1.807) is 41.8 Å². The highest BCUT2D eigenvalue weighted by Crippen LogP contribution is 2.45. The number of Topliss-reactive ketones (excluding diaryl/α,β-unsaturated/α-hetero) is 1. The predicted molar refractivity (Wildman–Crippen MR) is 101 cm³/mol. The summed E-state index contributed by atoms with van der Waals surface area (Å²) in [5.41, 5.74) is 2.06. The van der Waals surface area contributed by atoms with Crippen LogP contribution in [0.4, 0.5) is 5.13 Å². The molecular weight excluding hydrogens is 386 g/mol. The molecule has 9 heteroatoms. The number of hydrogen-bond acceptors (Lipinski definition) is 8. The van der Waals surface area contributed by atoms with Gasteiger partial charge in [0.15, 0.2) is 5.76 Å². The van der Waals surface area contributed by atoms with E-state index < -0.39 is 23.5 Å². The van der Waals surface area contributed by atoms with Crippen LogP contribution in [0.25, 0.3) is 0 Å². The second kappa shape index (κ2) is 6.93. The van der Waals surface area contributed by atoms with Crippen LogP contribution in [0.15, 0.2) is 58.6 Å². The Labute approximate surface area is 162 Å². The molecule has 1 aromatic carbocycles. The normalized spacial score (nSPS) is 16.9. The van der Waals surface area contributed by atoms with E-state index in [1.165, 1.54) is 28.9 Å². The topological polar surface area (TPSA) is 92.6 Å². The minimum atomic E-state index is -0.865. The zero-order valence-electron chi connectivity index (χ0n) is 14.0. The highest BCUT2D eigenvalue weighted by atomic mass is 32.1. The van der Waals surface area contributed by atoms with Gasteiger partial charge in [-0.2, -0.15) is 0 Å². The van der Waals surface area contributed by atoms with Crippen LogP contribution >= 0.6 is 22.7 Å². The van der Waals surface area contributed by atoms with Crippen molar-refractivity contribution in [2.75, 3.05) is 12.0 Å². The number of ketones is 1. The molecule has 0 spiro atoms. The molecule has 136 valence electrons. The van der Waals surface area contributed by atoms with E-state index in [1.807, 2.05) is 0 Å². The fraction of sp³-hybridized carbons (Fsp3) is 0.111. The van der Waals surface area contributed by atoms with Gasteiger partial charge in [-0.25, -0.2) is 0 Å². The average molecular weight is 399 g/mol. The number of aliphatic hydroxyl groups is 1. The van der Waals surface area contributed by atoms with Gasteiger partial charge in [-0.05, 0) is 17.5 Å². The Balaban J connectivity index is 1.92. The fourth-order valence-corrected chi connectivity index (χ4v) is 4.30. The summed E-state index contributed by atoms with van der Waals surface area (Å²) in [6, 6.07) is 9.60. The van der Waals surface area contributed by atoms with Crippen molar-refractivity contribution in [1.82, 2.24) is 10.2 Å². The number of carbonyl (C=O) groups is 2. The summed E-state index contributed by atoms with van der Waals surface area (Å²) in [7, 11) is 1.51. The minimum absolute atomic E-state index is 0.00199. The number of carbonyl (C=O) groups excluding carboxylic acids is 2. The summed E-state index contributed by atoms with van der Waals surface area (Å²) in [5, 5.41) is 20.4. The van der Waals surface area contributed by atoms with Crippen LogP contribution in [0.1, 0.15) is 21.3 Å². The quantitative estimate of drug-likeness (QED) is 0.661. The molecule has 1 N–H and O–H groups in total. The Morgan fingerprint density at radius 3 is 2.70 bits per heavy atom. The molecule has 1 atom stereocenters. The molecule has 27 heavy (non-hydrogen) atoms. The van der Waals surface area contributed by atoms with Crippen molar-refractivity contribution in [3.8, 4) is 5.75 Å². The smallest absolute Gasteiger partial charge is 0.296 e. The zero-order chi connectivity index (χ0) is 19.0. The molecule has 4 rings (SSSR count). The number of para-hydroxylation sites is 1. The van der Waals surface area contributed by atoms with Gasteiger partial charge >= 0.3 is 0 Å². The zero-order valence-corrected chi connectivity index (χ0v) is 15.7. The molecule has 2 aromatic heterocycles. The summed E-state index contributed by atoms with van der Waals surface area (Å²) in [6.45, 7) is 0. The number of rotatable bonds is 5. The lowest BCUT2D eigenvalue weighted by molar-refractivity contribution is -0.117. The standard InChI is InChI=1S/C18H13N3O4S2/c1-25-11-6-3-2-5-10(11)14-13(15(22)12-7-4-8-26-12)16(23)17(24)21(14)18-20-19-9-27-18/h2-9,14,23H,1H3. The van der Waals surface area contributed by atoms with Gasteiger partial charge in [0.1, 0.15) is 17.3 Å². The largest absolute Gasteiger partial charge is 0.503 e. The van der Waals surface area contributed by atoms with Crippen molar-refractivity contribution in [2.45, 2.75) is 6.04 Å². The lowest BCUT2D eigenvalue weighted by Crippen LogP contribution is -2.31. The maximum Gasteiger partial charge on any atom is 0.296 e. The third kappa shape index (κ3) is 2.81. The number of benzene rings is 1. The van der Waals surface area contributed by atoms with Gasteiger partial charge < -0.3 is 9.84 Å². The van der Waals surface area contributed by atoms with Crippen LogP contribution in [0.3, 0.4) is 0 Å². The van der Waals surface area contributed by atoms with Crippen LogP contribution in [-0.4, -0.2) is 34.1 Å². The molecule has 0 saturated heterocycles. The Bertz CT molecular complexity index is 1030. The Morgan fingerprint density at radius 1 is 1.22 bits per heavy atom. The molecule has 3 heterocycles. The molecule has 1 aliphatic rings. The first-order chi connectivity index (χ1) is 13.1. The summed E-state index contributed by atoms with van der Waals surface area (Å²) in [6.07, 6.45) is 0. The SMILES string of the molecule is COc1ccccc1C1C(C(=O)c2cccs2)=C(O)C(=O)N1c1nncs1. The van der Waals surface area contributed by atoms with Crippen molar-refractivity contribution in [1.29, 1.82) is 0 Å². The number of aliphatic hydroxyl groups excluding tert-OH is 1. The van der Waals surface area contributed by atoms with E-state index in [9.17, 15) is 14.7 Å². The van der Waals surface area contributed by atoms with Crippen LogP contribution < -0.4 is 9.64 Å². The second-order valence-electron chi connectivity index (χ2n) is 5.61. The monoisotopic (exact) mass is 399 g/mol. The first-order valence-electron chi connectivity index (χ1n) is 7.87. The third-order valence-corrected chi connectivity index (χ3v) is 5.74. The lowest BCUT2D eigenvalue weighted by Gasteiger charge is -2.25. The van der Waals surface area contributed by atoms with E-state index in [2.05, 4.69) is 10.2 Å². The van der Waals surface area contributed by atoms with E-state index >= 15 is 0 Å². The summed E-state index contributed by atoms with van der Waals surface area (Å²) in [4.78, 5) is 27.7. The lowest BCUT2D eigenvalue weighted by atomic mass is 9.95. The molecular formula is C18H13N3O4S2. The predicted octanol–water partition coefficient (Wildman–Crippen LogP) is 3.39. The Kier molecular flexibility index (Phi) is 4.46. The van der Waals surface area contributed by atoms with Crippen molar-refractivity contribution in [2.24, 2.45) is 0 Å². The fourth-order valence-electron chi connectivity index (χ4n) is 3.03. The number of ether oxygens (including phenoxy) is 1. The first kappa shape index (κ1) is 17.4. The molecule has 1 unspecified atom stereocenters. The molecule has 1 aliphatic heterocycles. The summed E-state index contributed by atoms with van der Waals surface area (Å²) in [5.74, 6) is -1.18. The van der Waals surface area contributed by atoms with E-state index in [-0.39, 0.29) is 10.7 Å². The van der Waals surface area contributed by atoms with Crippen LogP contribution in [0, 0.1) is 0 Å². The van der Waals surface area contributed by atoms with Gasteiger partial charge in [0.2, 0.25) is 10.9 Å². The van der Waals surface area contributed by atoms with Crippen molar-refractivity contribution in [3.63, 3.8) is 0 Å².